The largest absolute Gasteiger partial charge is 0.317 e. The van der Waals surface area contributed by atoms with Gasteiger partial charge in [0.15, 0.2) is 0 Å². The molecule has 0 saturated heterocycles. The van der Waals surface area contributed by atoms with E-state index in [1.807, 2.05) is 47.1 Å². The molecule has 66 valence electrons. The number of hydrogen-bond donors (Lipinski definition) is 0. The van der Waals surface area contributed by atoms with E-state index in [4.69, 9.17) is 11.2 Å². The Bertz CT molecular complexity index is 358. The number of rotatable bonds is 2. The molecule has 0 aliphatic heterocycles. The third-order valence-electron chi connectivity index (χ3n) is 1.76. The molecule has 1 atom stereocenters. The van der Waals surface area contributed by atoms with Crippen LogP contribution in [0.5, 0.6) is 0 Å². The van der Waals surface area contributed by atoms with Crippen LogP contribution in [-0.2, 0) is 0 Å². The van der Waals surface area contributed by atoms with Gasteiger partial charge in [-0.05, 0) is 12.1 Å². The Morgan fingerprint density at radius 2 is 1.54 bits per heavy atom. The molecule has 13 heavy (non-hydrogen) atoms. The third-order valence-corrected chi connectivity index (χ3v) is 4.27. The molecule has 0 saturated carbocycles. The highest BCUT2D eigenvalue weighted by Crippen LogP contribution is 2.41. The van der Waals surface area contributed by atoms with Crippen LogP contribution >= 0.6 is 18.7 Å². The average molecular weight is 210 g/mol. The molecule has 0 aliphatic carbocycles. The topological polar surface area (TPSA) is 4.93 Å². The van der Waals surface area contributed by atoms with Crippen molar-refractivity contribution in [2.24, 2.45) is 0 Å². The SMILES string of the molecule is ClP(c1ccccc1)n1cccc1. The molecule has 0 bridgehead atoms. The zero-order valence-corrected chi connectivity index (χ0v) is 8.62. The van der Waals surface area contributed by atoms with Gasteiger partial charge in [0.2, 0.25) is 0 Å². The molecule has 2 rings (SSSR count). The fourth-order valence-corrected chi connectivity index (χ4v) is 2.84. The van der Waals surface area contributed by atoms with Crippen molar-refractivity contribution >= 4 is 24.0 Å². The molecule has 1 heterocycles. The lowest BCUT2D eigenvalue weighted by molar-refractivity contribution is 1.28. The number of nitrogens with zero attached hydrogens (tertiary/aromatic N) is 1. The summed E-state index contributed by atoms with van der Waals surface area (Å²) in [6.45, 7) is 0. The first-order valence-corrected chi connectivity index (χ1v) is 6.22. The van der Waals surface area contributed by atoms with Crippen LogP contribution < -0.4 is 5.30 Å². The van der Waals surface area contributed by atoms with Crippen LogP contribution in [-0.4, -0.2) is 4.34 Å². The zero-order chi connectivity index (χ0) is 9.10. The summed E-state index contributed by atoms with van der Waals surface area (Å²) < 4.78 is 2.03. The quantitative estimate of drug-likeness (QED) is 0.670. The summed E-state index contributed by atoms with van der Waals surface area (Å²) in [6, 6.07) is 14.1. The minimum atomic E-state index is -0.745. The fourth-order valence-electron chi connectivity index (χ4n) is 1.13. The van der Waals surface area contributed by atoms with E-state index < -0.39 is 7.43 Å². The van der Waals surface area contributed by atoms with Gasteiger partial charge in [0, 0.05) is 17.7 Å². The van der Waals surface area contributed by atoms with Gasteiger partial charge in [0.1, 0.15) is 7.43 Å². The van der Waals surface area contributed by atoms with E-state index in [1.165, 1.54) is 5.30 Å². The molecule has 0 spiro atoms. The van der Waals surface area contributed by atoms with E-state index in [9.17, 15) is 0 Å². The fraction of sp³-hybridized carbons (Fsp3) is 0. The van der Waals surface area contributed by atoms with E-state index in [1.54, 1.807) is 0 Å². The normalized spacial score (nSPS) is 12.7. The van der Waals surface area contributed by atoms with Crippen molar-refractivity contribution in [3.63, 3.8) is 0 Å². The summed E-state index contributed by atoms with van der Waals surface area (Å²) in [4.78, 5) is 0. The molecule has 0 aliphatic rings. The van der Waals surface area contributed by atoms with E-state index in [0.717, 1.165) is 0 Å². The molecule has 2 aromatic rings. The summed E-state index contributed by atoms with van der Waals surface area (Å²) in [6.07, 6.45) is 3.98. The second kappa shape index (κ2) is 3.95. The standard InChI is InChI=1S/C10H9ClNP/c11-13(12-8-4-5-9-12)10-6-2-1-3-7-10/h1-9H. The highest BCUT2D eigenvalue weighted by atomic mass is 35.7. The molecular weight excluding hydrogens is 201 g/mol. The molecule has 0 radical (unpaired) electrons. The van der Waals surface area contributed by atoms with E-state index in [0.29, 0.717) is 0 Å². The summed E-state index contributed by atoms with van der Waals surface area (Å²) >= 11 is 6.30. The van der Waals surface area contributed by atoms with Gasteiger partial charge in [-0.2, -0.15) is 0 Å². The first kappa shape index (κ1) is 8.80. The molecular formula is C10H9ClNP. The number of halogens is 1. The number of benzene rings is 1. The van der Waals surface area contributed by atoms with Crippen molar-refractivity contribution in [2.45, 2.75) is 0 Å². The predicted octanol–water partition coefficient (Wildman–Crippen LogP) is 3.21. The van der Waals surface area contributed by atoms with E-state index in [2.05, 4.69) is 12.1 Å². The lowest BCUT2D eigenvalue weighted by Crippen LogP contribution is -2.00. The minimum Gasteiger partial charge on any atom is -0.317 e. The van der Waals surface area contributed by atoms with Gasteiger partial charge in [0.05, 0.1) is 0 Å². The highest BCUT2D eigenvalue weighted by molar-refractivity contribution is 7.88. The van der Waals surface area contributed by atoms with Crippen LogP contribution in [0.3, 0.4) is 0 Å². The first-order chi connectivity index (χ1) is 6.38. The Kier molecular flexibility index (Phi) is 2.68. The van der Waals surface area contributed by atoms with Gasteiger partial charge in [-0.3, -0.25) is 0 Å². The lowest BCUT2D eigenvalue weighted by Gasteiger charge is -2.10. The van der Waals surface area contributed by atoms with Crippen LogP contribution in [0.1, 0.15) is 0 Å². The average Bonchev–Trinajstić information content (AvgIpc) is 2.71. The monoisotopic (exact) mass is 209 g/mol. The molecule has 0 fully saturated rings. The maximum absolute atomic E-state index is 6.30. The summed E-state index contributed by atoms with van der Waals surface area (Å²) in [5.41, 5.74) is 0. The Morgan fingerprint density at radius 3 is 2.15 bits per heavy atom. The molecule has 0 N–H and O–H groups in total. The van der Waals surface area contributed by atoms with Gasteiger partial charge < -0.3 is 4.34 Å². The van der Waals surface area contributed by atoms with Gasteiger partial charge in [-0.15, -0.1) is 0 Å². The molecule has 1 nitrogen and oxygen atoms in total. The summed E-state index contributed by atoms with van der Waals surface area (Å²) in [5, 5.41) is 1.18. The van der Waals surface area contributed by atoms with Crippen molar-refractivity contribution in [1.82, 2.24) is 4.34 Å². The predicted molar refractivity (Wildman–Crippen MR) is 58.7 cm³/mol. The Labute approximate surface area is 83.6 Å². The van der Waals surface area contributed by atoms with Crippen LogP contribution in [0.4, 0.5) is 0 Å². The number of aromatic nitrogens is 1. The maximum atomic E-state index is 6.30. The molecule has 3 heteroatoms. The maximum Gasteiger partial charge on any atom is 0.125 e. The molecule has 1 unspecified atom stereocenters. The van der Waals surface area contributed by atoms with Crippen molar-refractivity contribution in [2.75, 3.05) is 0 Å². The summed E-state index contributed by atoms with van der Waals surface area (Å²) in [5.74, 6) is 0. The van der Waals surface area contributed by atoms with Gasteiger partial charge in [-0.1, -0.05) is 41.6 Å². The second-order valence-electron chi connectivity index (χ2n) is 2.66. The summed E-state index contributed by atoms with van der Waals surface area (Å²) in [7, 11) is -0.745. The van der Waals surface area contributed by atoms with Crippen molar-refractivity contribution in [3.05, 3.63) is 54.9 Å². The van der Waals surface area contributed by atoms with Crippen molar-refractivity contribution in [1.29, 1.82) is 0 Å². The molecule has 0 amide bonds. The van der Waals surface area contributed by atoms with Crippen LogP contribution in [0.2, 0.25) is 0 Å². The lowest BCUT2D eigenvalue weighted by atomic mass is 10.4. The van der Waals surface area contributed by atoms with Crippen LogP contribution in [0.15, 0.2) is 54.9 Å². The third kappa shape index (κ3) is 1.93. The van der Waals surface area contributed by atoms with Crippen LogP contribution in [0.25, 0.3) is 0 Å². The smallest absolute Gasteiger partial charge is 0.125 e. The Hall–Kier alpha value is -0.780. The molecule has 1 aromatic carbocycles. The zero-order valence-electron chi connectivity index (χ0n) is 6.97. The van der Waals surface area contributed by atoms with Crippen molar-refractivity contribution in [3.8, 4) is 0 Å². The first-order valence-electron chi connectivity index (χ1n) is 4.02. The highest BCUT2D eigenvalue weighted by Gasteiger charge is 2.07. The van der Waals surface area contributed by atoms with Crippen molar-refractivity contribution < 1.29 is 0 Å². The van der Waals surface area contributed by atoms with Gasteiger partial charge in [-0.25, -0.2) is 0 Å². The molecule has 1 aromatic heterocycles. The van der Waals surface area contributed by atoms with Gasteiger partial charge >= 0.3 is 0 Å². The Balaban J connectivity index is 2.29. The number of hydrogen-bond acceptors (Lipinski definition) is 0. The van der Waals surface area contributed by atoms with E-state index in [-0.39, 0.29) is 0 Å². The van der Waals surface area contributed by atoms with E-state index >= 15 is 0 Å². The van der Waals surface area contributed by atoms with Crippen LogP contribution in [0, 0.1) is 0 Å². The second-order valence-corrected chi connectivity index (χ2v) is 5.12. The minimum absolute atomic E-state index is 0.745. The van der Waals surface area contributed by atoms with Gasteiger partial charge in [0.25, 0.3) is 0 Å². The Morgan fingerprint density at radius 1 is 0.923 bits per heavy atom.